The Morgan fingerprint density at radius 1 is 0.946 bits per heavy atom. The second-order valence-electron chi connectivity index (χ2n) is 10.7. The Labute approximate surface area is 217 Å². The van der Waals surface area contributed by atoms with Crippen LogP contribution >= 0.6 is 0 Å². The molecule has 0 radical (unpaired) electrons. The van der Waals surface area contributed by atoms with Crippen LogP contribution in [0.15, 0.2) is 54.6 Å². The molecule has 3 aliphatic heterocycles. The highest BCUT2D eigenvalue weighted by Gasteiger charge is 2.44. The van der Waals surface area contributed by atoms with Crippen LogP contribution in [0.2, 0.25) is 0 Å². The number of esters is 1. The van der Waals surface area contributed by atoms with Crippen molar-refractivity contribution < 1.29 is 19.1 Å². The zero-order valence-electron chi connectivity index (χ0n) is 21.7. The lowest BCUT2D eigenvalue weighted by molar-refractivity contribution is 0.0600. The van der Waals surface area contributed by atoms with Gasteiger partial charge in [-0.15, -0.1) is 0 Å². The molecule has 190 valence electrons. The van der Waals surface area contributed by atoms with E-state index >= 15 is 0 Å². The topological polar surface area (TPSA) is 59.1 Å². The largest absolute Gasteiger partial charge is 0.492 e. The zero-order chi connectivity index (χ0) is 25.7. The molecule has 0 unspecified atom stereocenters. The van der Waals surface area contributed by atoms with Crippen molar-refractivity contribution in [2.24, 2.45) is 0 Å². The van der Waals surface area contributed by atoms with Gasteiger partial charge in [0.25, 0.3) is 5.91 Å². The number of ether oxygens (including phenoxy) is 2. The molecule has 0 N–H and O–H groups in total. The van der Waals surface area contributed by atoms with Crippen molar-refractivity contribution in [3.05, 3.63) is 82.4 Å². The van der Waals surface area contributed by atoms with Crippen molar-refractivity contribution in [2.75, 3.05) is 45.3 Å². The van der Waals surface area contributed by atoms with Gasteiger partial charge >= 0.3 is 5.97 Å². The number of amides is 1. The molecule has 1 fully saturated rings. The maximum absolute atomic E-state index is 13.6. The molecule has 3 aromatic carbocycles. The van der Waals surface area contributed by atoms with Gasteiger partial charge in [-0.3, -0.25) is 4.79 Å². The van der Waals surface area contributed by atoms with Crippen LogP contribution in [0.4, 0.5) is 5.69 Å². The molecule has 3 heterocycles. The van der Waals surface area contributed by atoms with Crippen molar-refractivity contribution in [1.29, 1.82) is 0 Å². The van der Waals surface area contributed by atoms with E-state index in [9.17, 15) is 9.59 Å². The van der Waals surface area contributed by atoms with Gasteiger partial charge in [-0.1, -0.05) is 18.2 Å². The predicted molar refractivity (Wildman–Crippen MR) is 144 cm³/mol. The SMILES string of the molecule is COC(=O)c1ccc(C)c(-c2ccc(C(=O)N3CCc4cc5c(cc43)C3(CCN(C)CC3)CO5)cc2)c1. The minimum absolute atomic E-state index is 0.0154. The van der Waals surface area contributed by atoms with Crippen LogP contribution in [0.3, 0.4) is 0 Å². The lowest BCUT2D eigenvalue weighted by Crippen LogP contribution is -2.42. The highest BCUT2D eigenvalue weighted by Crippen LogP contribution is 2.49. The fourth-order valence-electron chi connectivity index (χ4n) is 6.04. The first kappa shape index (κ1) is 23.7. The normalized spacial score (nSPS) is 17.9. The van der Waals surface area contributed by atoms with Gasteiger partial charge in [0.1, 0.15) is 5.75 Å². The number of aryl methyl sites for hydroxylation is 1. The summed E-state index contributed by atoms with van der Waals surface area (Å²) in [5.41, 5.74) is 7.68. The van der Waals surface area contributed by atoms with E-state index in [1.165, 1.54) is 18.2 Å². The quantitative estimate of drug-likeness (QED) is 0.477. The molecule has 6 nitrogen and oxygen atoms in total. The van der Waals surface area contributed by atoms with E-state index in [-0.39, 0.29) is 17.3 Å². The van der Waals surface area contributed by atoms with Crippen LogP contribution in [0.1, 0.15) is 50.2 Å². The number of rotatable bonds is 3. The molecule has 0 aromatic heterocycles. The van der Waals surface area contributed by atoms with E-state index in [0.717, 1.165) is 67.1 Å². The summed E-state index contributed by atoms with van der Waals surface area (Å²) in [7, 11) is 3.56. The Morgan fingerprint density at radius 3 is 2.41 bits per heavy atom. The molecular weight excluding hydrogens is 464 g/mol. The van der Waals surface area contributed by atoms with Crippen LogP contribution in [0, 0.1) is 6.92 Å². The molecule has 0 atom stereocenters. The summed E-state index contributed by atoms with van der Waals surface area (Å²) < 4.78 is 11.1. The molecule has 1 amide bonds. The fraction of sp³-hybridized carbons (Fsp3) is 0.355. The number of carbonyl (C=O) groups is 2. The van der Waals surface area contributed by atoms with E-state index in [4.69, 9.17) is 9.47 Å². The monoisotopic (exact) mass is 496 g/mol. The lowest BCUT2D eigenvalue weighted by Gasteiger charge is -2.37. The number of nitrogens with zero attached hydrogens (tertiary/aromatic N) is 2. The fourth-order valence-corrected chi connectivity index (χ4v) is 6.04. The van der Waals surface area contributed by atoms with E-state index < -0.39 is 0 Å². The Morgan fingerprint density at radius 2 is 1.68 bits per heavy atom. The van der Waals surface area contributed by atoms with Gasteiger partial charge in [0.05, 0.1) is 19.3 Å². The third kappa shape index (κ3) is 4.00. The zero-order valence-corrected chi connectivity index (χ0v) is 21.7. The lowest BCUT2D eigenvalue weighted by atomic mass is 9.74. The third-order valence-corrected chi connectivity index (χ3v) is 8.44. The smallest absolute Gasteiger partial charge is 0.337 e. The molecule has 0 bridgehead atoms. The number of piperidine rings is 1. The maximum Gasteiger partial charge on any atom is 0.337 e. The first-order chi connectivity index (χ1) is 17.9. The van der Waals surface area contributed by atoms with Gasteiger partial charge < -0.3 is 19.3 Å². The van der Waals surface area contributed by atoms with Crippen LogP contribution in [0.25, 0.3) is 11.1 Å². The summed E-state index contributed by atoms with van der Waals surface area (Å²) in [5.74, 6) is 0.660. The van der Waals surface area contributed by atoms with Crippen molar-refractivity contribution in [2.45, 2.75) is 31.6 Å². The molecular formula is C31H32N2O4. The van der Waals surface area contributed by atoms with Crippen LogP contribution in [0.5, 0.6) is 5.75 Å². The highest BCUT2D eigenvalue weighted by molar-refractivity contribution is 6.07. The molecule has 37 heavy (non-hydrogen) atoms. The molecule has 6 heteroatoms. The Balaban J connectivity index is 1.27. The summed E-state index contributed by atoms with van der Waals surface area (Å²) in [6.07, 6.45) is 3.01. The number of benzene rings is 3. The second-order valence-corrected chi connectivity index (χ2v) is 10.7. The molecule has 0 saturated carbocycles. The Kier molecular flexibility index (Phi) is 5.80. The van der Waals surface area contributed by atoms with Gasteiger partial charge in [0, 0.05) is 28.8 Å². The van der Waals surface area contributed by atoms with Gasteiger partial charge in [-0.2, -0.15) is 0 Å². The minimum Gasteiger partial charge on any atom is -0.492 e. The minimum atomic E-state index is -0.361. The standard InChI is InChI=1S/C31H32N2O4/c1-20-4-5-24(30(35)36-3)16-25(20)21-6-8-22(9-7-21)29(34)33-13-10-23-17-28-26(18-27(23)33)31(19-37-28)11-14-32(2)15-12-31/h4-9,16-18H,10-15,19H2,1-3H3. The average molecular weight is 497 g/mol. The summed E-state index contributed by atoms with van der Waals surface area (Å²) in [4.78, 5) is 29.9. The van der Waals surface area contributed by atoms with Crippen molar-refractivity contribution in [3.8, 4) is 16.9 Å². The van der Waals surface area contributed by atoms with Gasteiger partial charge in [-0.05, 0) is 105 Å². The predicted octanol–water partition coefficient (Wildman–Crippen LogP) is 5.01. The number of methoxy groups -OCH3 is 1. The van der Waals surface area contributed by atoms with E-state index in [1.54, 1.807) is 6.07 Å². The summed E-state index contributed by atoms with van der Waals surface area (Å²) in [6.45, 7) is 5.56. The first-order valence-electron chi connectivity index (χ1n) is 13.0. The van der Waals surface area contributed by atoms with E-state index in [2.05, 4.69) is 24.1 Å². The Bertz CT molecular complexity index is 1390. The highest BCUT2D eigenvalue weighted by atomic mass is 16.5. The van der Waals surface area contributed by atoms with Crippen LogP contribution < -0.4 is 9.64 Å². The van der Waals surface area contributed by atoms with Crippen LogP contribution in [-0.2, 0) is 16.6 Å². The maximum atomic E-state index is 13.6. The van der Waals surface area contributed by atoms with Crippen molar-refractivity contribution in [1.82, 2.24) is 4.90 Å². The second kappa shape index (κ2) is 9.03. The summed E-state index contributed by atoms with van der Waals surface area (Å²) >= 11 is 0. The van der Waals surface area contributed by atoms with E-state index in [0.29, 0.717) is 17.7 Å². The molecule has 0 aliphatic carbocycles. The van der Waals surface area contributed by atoms with Crippen LogP contribution in [-0.4, -0.2) is 57.2 Å². The Hall–Kier alpha value is -3.64. The molecule has 6 rings (SSSR count). The van der Waals surface area contributed by atoms with Gasteiger partial charge in [0.2, 0.25) is 0 Å². The first-order valence-corrected chi connectivity index (χ1v) is 13.0. The van der Waals surface area contributed by atoms with Gasteiger partial charge in [-0.25, -0.2) is 4.79 Å². The average Bonchev–Trinajstić information content (AvgIpc) is 3.50. The van der Waals surface area contributed by atoms with Gasteiger partial charge in [0.15, 0.2) is 0 Å². The number of hydrogen-bond acceptors (Lipinski definition) is 5. The number of fused-ring (bicyclic) bond motifs is 3. The number of carbonyl (C=O) groups excluding carboxylic acids is 2. The van der Waals surface area contributed by atoms with E-state index in [1.807, 2.05) is 48.2 Å². The molecule has 3 aromatic rings. The summed E-state index contributed by atoms with van der Waals surface area (Å²) in [6, 6.07) is 17.6. The third-order valence-electron chi connectivity index (χ3n) is 8.44. The number of hydrogen-bond donors (Lipinski definition) is 0. The number of likely N-dealkylation sites (tertiary alicyclic amines) is 1. The van der Waals surface area contributed by atoms with Crippen molar-refractivity contribution in [3.63, 3.8) is 0 Å². The van der Waals surface area contributed by atoms with Crippen molar-refractivity contribution >= 4 is 17.6 Å². The molecule has 1 saturated heterocycles. The molecule has 3 aliphatic rings. The number of anilines is 1. The molecule has 1 spiro atoms. The summed E-state index contributed by atoms with van der Waals surface area (Å²) in [5, 5.41) is 0.